The summed E-state index contributed by atoms with van der Waals surface area (Å²) in [6.07, 6.45) is -18.3. The molecule has 0 rings (SSSR count). The Kier molecular flexibility index (Phi) is 3.77. The van der Waals surface area contributed by atoms with Crippen molar-refractivity contribution in [1.29, 1.82) is 0 Å². The van der Waals surface area contributed by atoms with E-state index in [1.54, 1.807) is 0 Å². The van der Waals surface area contributed by atoms with Gasteiger partial charge >= 0.3 is 23.0 Å². The number of rotatable bonds is 2. The highest BCUT2D eigenvalue weighted by molar-refractivity contribution is 6.47. The highest BCUT2D eigenvalue weighted by Gasteiger charge is 2.68. The largest absolute Gasteiger partial charge is 0.483 e. The van der Waals surface area contributed by atoms with Crippen LogP contribution < -0.4 is 0 Å². The zero-order valence-corrected chi connectivity index (χ0v) is 7.70. The summed E-state index contributed by atoms with van der Waals surface area (Å²) in [7, 11) is 0. The van der Waals surface area contributed by atoms with E-state index in [1.807, 2.05) is 0 Å². The van der Waals surface area contributed by atoms with Crippen LogP contribution >= 0.6 is 23.2 Å². The van der Waals surface area contributed by atoms with E-state index in [-0.39, 0.29) is 0 Å². The molecule has 0 amide bonds. The lowest BCUT2D eigenvalue weighted by atomic mass is 10.6. The Morgan fingerprint density at radius 1 is 0.667 bits per heavy atom. The fourth-order valence-corrected chi connectivity index (χ4v) is 0.471. The van der Waals surface area contributed by atoms with Gasteiger partial charge in [0.15, 0.2) is 0 Å². The summed E-state index contributed by atoms with van der Waals surface area (Å²) in [5.41, 5.74) is 0. The monoisotopic (exact) mass is 286 g/mol. The molecule has 0 aliphatic carbocycles. The summed E-state index contributed by atoms with van der Waals surface area (Å²) in [5.74, 6) is 0. The average molecular weight is 287 g/mol. The number of hydrogen-bond donors (Lipinski definition) is 0. The second-order valence-electron chi connectivity index (χ2n) is 2.13. The Morgan fingerprint density at radius 3 is 1.20 bits per heavy atom. The smallest absolute Gasteiger partial charge is 0.268 e. The van der Waals surface area contributed by atoms with Gasteiger partial charge in [-0.3, -0.25) is 4.74 Å². The van der Waals surface area contributed by atoms with Crippen molar-refractivity contribution in [3.05, 3.63) is 0 Å². The third-order valence-corrected chi connectivity index (χ3v) is 1.50. The van der Waals surface area contributed by atoms with Crippen LogP contribution in [-0.2, 0) is 4.74 Å². The van der Waals surface area contributed by atoms with E-state index in [0.717, 1.165) is 0 Å². The first-order valence-electron chi connectivity index (χ1n) is 2.80. The van der Waals surface area contributed by atoms with Gasteiger partial charge in [0.1, 0.15) is 0 Å². The molecule has 0 aliphatic rings. The Bertz CT molecular complexity index is 206. The van der Waals surface area contributed by atoms with Gasteiger partial charge in [0.2, 0.25) is 0 Å². The van der Waals surface area contributed by atoms with Crippen LogP contribution in [0.5, 0.6) is 0 Å². The molecule has 92 valence electrons. The van der Waals surface area contributed by atoms with Crippen molar-refractivity contribution in [2.75, 3.05) is 0 Å². The van der Waals surface area contributed by atoms with Crippen LogP contribution in [0, 0.1) is 0 Å². The molecule has 0 N–H and O–H groups in total. The normalized spacial score (nSPS) is 15.6. The van der Waals surface area contributed by atoms with Gasteiger partial charge in [-0.15, -0.1) is 0 Å². The predicted octanol–water partition coefficient (Wildman–Crippen LogP) is 3.85. The first-order chi connectivity index (χ1) is 6.21. The minimum Gasteiger partial charge on any atom is -0.268 e. The number of alkyl halides is 10. The quantitative estimate of drug-likeness (QED) is 0.553. The maximum absolute atomic E-state index is 11.9. The molecule has 0 radical (unpaired) electrons. The highest BCUT2D eigenvalue weighted by atomic mass is 35.5. The minimum atomic E-state index is -6.35. The van der Waals surface area contributed by atoms with Crippen LogP contribution in [0.25, 0.3) is 0 Å². The van der Waals surface area contributed by atoms with Gasteiger partial charge < -0.3 is 0 Å². The van der Waals surface area contributed by atoms with Gasteiger partial charge in [-0.25, -0.2) is 0 Å². The highest BCUT2D eigenvalue weighted by Crippen LogP contribution is 2.48. The molecule has 0 bridgehead atoms. The minimum absolute atomic E-state index is 2.30. The Hall–Kier alpha value is -0.0200. The van der Waals surface area contributed by atoms with Crippen molar-refractivity contribution in [2.24, 2.45) is 0 Å². The third kappa shape index (κ3) is 3.49. The molecular formula is C4Cl2F8O. The van der Waals surface area contributed by atoms with Crippen molar-refractivity contribution < 1.29 is 39.9 Å². The van der Waals surface area contributed by atoms with Gasteiger partial charge in [0, 0.05) is 0 Å². The number of hydrogen-bond acceptors (Lipinski definition) is 1. The SMILES string of the molecule is FC(F)(F)C(F)(F)OC(Cl)(Cl)C(F)(F)F. The fourth-order valence-electron chi connectivity index (χ4n) is 0.277. The lowest BCUT2D eigenvalue weighted by Crippen LogP contribution is -2.49. The van der Waals surface area contributed by atoms with Gasteiger partial charge in [-0.2, -0.15) is 35.1 Å². The molecule has 0 aromatic rings. The first kappa shape index (κ1) is 15.0. The van der Waals surface area contributed by atoms with Gasteiger partial charge in [-0.05, 0) is 0 Å². The topological polar surface area (TPSA) is 9.23 Å². The summed E-state index contributed by atoms with van der Waals surface area (Å²) < 4.78 is 90.7. The van der Waals surface area contributed by atoms with E-state index < -0.39 is 23.0 Å². The molecule has 0 aromatic carbocycles. The lowest BCUT2D eigenvalue weighted by Gasteiger charge is -2.28. The molecular weight excluding hydrogens is 287 g/mol. The number of halogens is 10. The van der Waals surface area contributed by atoms with Crippen LogP contribution in [0.2, 0.25) is 0 Å². The zero-order chi connectivity index (χ0) is 12.7. The van der Waals surface area contributed by atoms with Crippen molar-refractivity contribution >= 4 is 23.2 Å². The molecule has 0 spiro atoms. The summed E-state index contributed by atoms with van der Waals surface area (Å²) in [6.45, 7) is 0. The van der Waals surface area contributed by atoms with Crippen LogP contribution in [-0.4, -0.2) is 23.0 Å². The molecule has 15 heavy (non-hydrogen) atoms. The van der Waals surface area contributed by atoms with Crippen LogP contribution in [0.3, 0.4) is 0 Å². The molecule has 0 fully saturated rings. The van der Waals surface area contributed by atoms with Gasteiger partial charge in [0.05, 0.1) is 0 Å². The van der Waals surface area contributed by atoms with Crippen molar-refractivity contribution in [3.63, 3.8) is 0 Å². The van der Waals surface area contributed by atoms with E-state index in [0.29, 0.717) is 0 Å². The first-order valence-corrected chi connectivity index (χ1v) is 3.55. The van der Waals surface area contributed by atoms with Gasteiger partial charge in [-0.1, -0.05) is 23.2 Å². The number of ether oxygens (including phenoxy) is 1. The Labute approximate surface area is 86.9 Å². The molecule has 0 unspecified atom stereocenters. The summed E-state index contributed by atoms with van der Waals surface area (Å²) in [6, 6.07) is 0. The lowest BCUT2D eigenvalue weighted by molar-refractivity contribution is -0.418. The van der Waals surface area contributed by atoms with E-state index >= 15 is 0 Å². The fraction of sp³-hybridized carbons (Fsp3) is 1.00. The molecule has 0 aliphatic heterocycles. The van der Waals surface area contributed by atoms with E-state index in [2.05, 4.69) is 27.9 Å². The van der Waals surface area contributed by atoms with Crippen LogP contribution in [0.15, 0.2) is 0 Å². The summed E-state index contributed by atoms with van der Waals surface area (Å²) in [5, 5.41) is 0. The Balaban J connectivity index is 4.89. The molecule has 0 atom stereocenters. The Morgan fingerprint density at radius 2 is 1.00 bits per heavy atom. The standard InChI is InChI=1S/C4Cl2F8O/c5-1(6,2(7,8)9)15-4(13,14)3(10,11)12. The molecule has 0 aromatic heterocycles. The zero-order valence-electron chi connectivity index (χ0n) is 6.19. The molecule has 1 nitrogen and oxygen atoms in total. The van der Waals surface area contributed by atoms with Crippen LogP contribution in [0.4, 0.5) is 35.1 Å². The van der Waals surface area contributed by atoms with Crippen molar-refractivity contribution in [1.82, 2.24) is 0 Å². The summed E-state index contributed by atoms with van der Waals surface area (Å²) >= 11 is 8.28. The van der Waals surface area contributed by atoms with E-state index in [9.17, 15) is 35.1 Å². The summed E-state index contributed by atoms with van der Waals surface area (Å²) in [4.78, 5) is 0. The molecule has 0 saturated heterocycles. The molecule has 0 saturated carbocycles. The van der Waals surface area contributed by atoms with E-state index in [1.165, 1.54) is 0 Å². The predicted molar refractivity (Wildman–Crippen MR) is 32.6 cm³/mol. The average Bonchev–Trinajstić information content (AvgIpc) is 1.77. The molecule has 11 heteroatoms. The van der Waals surface area contributed by atoms with E-state index in [4.69, 9.17) is 0 Å². The van der Waals surface area contributed by atoms with Gasteiger partial charge in [0.25, 0.3) is 0 Å². The maximum atomic E-state index is 11.9. The maximum Gasteiger partial charge on any atom is 0.483 e. The van der Waals surface area contributed by atoms with Crippen LogP contribution in [0.1, 0.15) is 0 Å². The van der Waals surface area contributed by atoms with Crippen molar-refractivity contribution in [3.8, 4) is 0 Å². The third-order valence-electron chi connectivity index (χ3n) is 0.916. The second kappa shape index (κ2) is 3.77. The molecule has 0 heterocycles. The van der Waals surface area contributed by atoms with Crippen molar-refractivity contribution in [2.45, 2.75) is 23.0 Å². The second-order valence-corrected chi connectivity index (χ2v) is 3.39.